The highest BCUT2D eigenvalue weighted by molar-refractivity contribution is 9.10. The Morgan fingerprint density at radius 3 is 2.32 bits per heavy atom. The third-order valence-electron chi connectivity index (χ3n) is 3.42. The molecule has 0 amide bonds. The van der Waals surface area contributed by atoms with Crippen molar-refractivity contribution in [2.45, 2.75) is 18.9 Å². The van der Waals surface area contributed by atoms with E-state index in [2.05, 4.69) is 25.9 Å². The quantitative estimate of drug-likeness (QED) is 0.366. The first-order valence-electron chi connectivity index (χ1n) is 6.63. The van der Waals surface area contributed by atoms with Crippen LogP contribution in [0, 0.1) is 11.7 Å². The molecule has 0 unspecified atom stereocenters. The molecule has 138 valence electrons. The standard InChI is InChI=1S/C14H10BrF7N2O/c1-25-23-4-7-5-24(6-12(13(17,18)19)14(20,21)22)11-3-9(15)10(16)2-8(7)11/h2-5,12H,6H2,1H3/b23-4+. The van der Waals surface area contributed by atoms with Gasteiger partial charge in [-0.15, -0.1) is 0 Å². The Labute approximate surface area is 145 Å². The molecule has 25 heavy (non-hydrogen) atoms. The van der Waals surface area contributed by atoms with Gasteiger partial charge in [-0.3, -0.25) is 0 Å². The summed E-state index contributed by atoms with van der Waals surface area (Å²) in [7, 11) is 1.20. The van der Waals surface area contributed by atoms with Crippen LogP contribution in [0.25, 0.3) is 10.9 Å². The Bertz CT molecular complexity index is 781. The van der Waals surface area contributed by atoms with E-state index >= 15 is 0 Å². The highest BCUT2D eigenvalue weighted by atomic mass is 79.9. The van der Waals surface area contributed by atoms with E-state index in [-0.39, 0.29) is 20.9 Å². The Morgan fingerprint density at radius 1 is 1.20 bits per heavy atom. The molecular weight excluding hydrogens is 425 g/mol. The summed E-state index contributed by atoms with van der Waals surface area (Å²) in [5.41, 5.74) is 0.107. The Kier molecular flexibility index (Phi) is 5.35. The summed E-state index contributed by atoms with van der Waals surface area (Å²) >= 11 is 2.87. The van der Waals surface area contributed by atoms with Crippen molar-refractivity contribution in [2.24, 2.45) is 11.1 Å². The number of hydrogen-bond donors (Lipinski definition) is 0. The average Bonchev–Trinajstić information content (AvgIpc) is 2.78. The van der Waals surface area contributed by atoms with E-state index in [9.17, 15) is 30.7 Å². The highest BCUT2D eigenvalue weighted by Crippen LogP contribution is 2.41. The van der Waals surface area contributed by atoms with Crippen LogP contribution in [0.1, 0.15) is 5.56 Å². The van der Waals surface area contributed by atoms with Crippen molar-refractivity contribution >= 4 is 33.0 Å². The van der Waals surface area contributed by atoms with Gasteiger partial charge in [0.15, 0.2) is 5.92 Å². The summed E-state index contributed by atoms with van der Waals surface area (Å²) in [4.78, 5) is 4.44. The Hall–Kier alpha value is -1.78. The second-order valence-corrected chi connectivity index (χ2v) is 5.93. The number of hydrogen-bond acceptors (Lipinski definition) is 2. The van der Waals surface area contributed by atoms with Crippen LogP contribution in [-0.4, -0.2) is 30.2 Å². The van der Waals surface area contributed by atoms with Crippen molar-refractivity contribution in [2.75, 3.05) is 7.11 Å². The maximum atomic E-state index is 13.7. The van der Waals surface area contributed by atoms with Crippen LogP contribution in [0.15, 0.2) is 28.0 Å². The molecule has 0 spiro atoms. The van der Waals surface area contributed by atoms with Gasteiger partial charge < -0.3 is 9.40 Å². The molecular formula is C14H10BrF7N2O. The molecule has 0 atom stereocenters. The maximum absolute atomic E-state index is 13.7. The third kappa shape index (κ3) is 4.25. The minimum atomic E-state index is -5.48. The lowest BCUT2D eigenvalue weighted by atomic mass is 10.1. The molecule has 0 aliphatic carbocycles. The number of fused-ring (bicyclic) bond motifs is 1. The molecule has 3 nitrogen and oxygen atoms in total. The van der Waals surface area contributed by atoms with Gasteiger partial charge in [0.1, 0.15) is 12.9 Å². The molecule has 0 saturated heterocycles. The zero-order valence-corrected chi connectivity index (χ0v) is 14.0. The number of alkyl halides is 6. The minimum absolute atomic E-state index is 0.00988. The highest BCUT2D eigenvalue weighted by Gasteiger charge is 2.56. The molecule has 0 bridgehead atoms. The molecule has 0 aliphatic heterocycles. The summed E-state index contributed by atoms with van der Waals surface area (Å²) in [6.07, 6.45) is -8.86. The maximum Gasteiger partial charge on any atom is 0.402 e. The van der Waals surface area contributed by atoms with E-state index < -0.39 is 30.6 Å². The van der Waals surface area contributed by atoms with Gasteiger partial charge in [0, 0.05) is 23.7 Å². The topological polar surface area (TPSA) is 26.5 Å². The number of rotatable bonds is 4. The fourth-order valence-corrected chi connectivity index (χ4v) is 2.60. The fraction of sp³-hybridized carbons (Fsp3) is 0.357. The van der Waals surface area contributed by atoms with Crippen LogP contribution >= 0.6 is 15.9 Å². The van der Waals surface area contributed by atoms with Gasteiger partial charge in [-0.1, -0.05) is 5.16 Å². The van der Waals surface area contributed by atoms with Gasteiger partial charge in [-0.2, -0.15) is 26.3 Å². The van der Waals surface area contributed by atoms with E-state index in [1.54, 1.807) is 0 Å². The molecule has 0 radical (unpaired) electrons. The first-order chi connectivity index (χ1) is 11.4. The van der Waals surface area contributed by atoms with Gasteiger partial charge in [0.25, 0.3) is 0 Å². The van der Waals surface area contributed by atoms with Crippen molar-refractivity contribution in [1.82, 2.24) is 4.57 Å². The lowest BCUT2D eigenvalue weighted by molar-refractivity contribution is -0.287. The second-order valence-electron chi connectivity index (χ2n) is 5.07. The lowest BCUT2D eigenvalue weighted by Gasteiger charge is -2.23. The zero-order chi connectivity index (χ0) is 19.0. The van der Waals surface area contributed by atoms with E-state index in [4.69, 9.17) is 0 Å². The number of aromatic nitrogens is 1. The molecule has 11 heteroatoms. The van der Waals surface area contributed by atoms with Crippen molar-refractivity contribution in [3.05, 3.63) is 34.2 Å². The predicted octanol–water partition coefficient (Wildman–Crippen LogP) is 5.26. The summed E-state index contributed by atoms with van der Waals surface area (Å²) in [5.74, 6) is -4.29. The third-order valence-corrected chi connectivity index (χ3v) is 4.03. The van der Waals surface area contributed by atoms with Crippen LogP contribution in [0.2, 0.25) is 0 Å². The van der Waals surface area contributed by atoms with Gasteiger partial charge >= 0.3 is 12.4 Å². The predicted molar refractivity (Wildman–Crippen MR) is 79.8 cm³/mol. The van der Waals surface area contributed by atoms with E-state index in [1.165, 1.54) is 7.11 Å². The SMILES string of the molecule is CO/N=C/c1cn(CC(C(F)(F)F)C(F)(F)F)c2cc(Br)c(F)cc12. The van der Waals surface area contributed by atoms with Crippen molar-refractivity contribution in [1.29, 1.82) is 0 Å². The Morgan fingerprint density at radius 2 is 1.80 bits per heavy atom. The van der Waals surface area contributed by atoms with E-state index in [0.29, 0.717) is 0 Å². The second kappa shape index (κ2) is 6.85. The Balaban J connectivity index is 2.60. The molecule has 1 heterocycles. The molecule has 0 N–H and O–H groups in total. The smallest absolute Gasteiger partial charge is 0.399 e. The number of nitrogens with zero attached hydrogens (tertiary/aromatic N) is 2. The average molecular weight is 435 g/mol. The zero-order valence-electron chi connectivity index (χ0n) is 12.4. The molecule has 0 aliphatic rings. The summed E-state index contributed by atoms with van der Waals surface area (Å²) in [6, 6.07) is 2.10. The summed E-state index contributed by atoms with van der Waals surface area (Å²) in [6.45, 7) is -1.40. The van der Waals surface area contributed by atoms with Crippen molar-refractivity contribution in [3.63, 3.8) is 0 Å². The van der Waals surface area contributed by atoms with Gasteiger partial charge in [-0.05, 0) is 28.1 Å². The molecule has 0 fully saturated rings. The number of oxime groups is 1. The van der Waals surface area contributed by atoms with Gasteiger partial charge in [0.05, 0.1) is 16.2 Å². The van der Waals surface area contributed by atoms with Crippen LogP contribution in [0.3, 0.4) is 0 Å². The van der Waals surface area contributed by atoms with Crippen LogP contribution in [0.5, 0.6) is 0 Å². The van der Waals surface area contributed by atoms with E-state index in [1.807, 2.05) is 0 Å². The van der Waals surface area contributed by atoms with Crippen LogP contribution in [0.4, 0.5) is 30.7 Å². The van der Waals surface area contributed by atoms with E-state index in [0.717, 1.165) is 29.1 Å². The first kappa shape index (κ1) is 19.5. The monoisotopic (exact) mass is 434 g/mol. The lowest BCUT2D eigenvalue weighted by Crippen LogP contribution is -2.39. The summed E-state index contributed by atoms with van der Waals surface area (Å²) < 4.78 is 91.2. The summed E-state index contributed by atoms with van der Waals surface area (Å²) in [5, 5.41) is 3.52. The molecule has 2 aromatic rings. The molecule has 1 aromatic carbocycles. The van der Waals surface area contributed by atoms with Crippen molar-refractivity contribution < 1.29 is 35.6 Å². The molecule has 1 aromatic heterocycles. The van der Waals surface area contributed by atoms with Gasteiger partial charge in [-0.25, -0.2) is 4.39 Å². The van der Waals surface area contributed by atoms with Crippen LogP contribution < -0.4 is 0 Å². The molecule has 2 rings (SSSR count). The number of halogens is 8. The molecule has 0 saturated carbocycles. The normalized spacial score (nSPS) is 13.4. The fourth-order valence-electron chi connectivity index (χ4n) is 2.26. The largest absolute Gasteiger partial charge is 0.402 e. The first-order valence-corrected chi connectivity index (χ1v) is 7.42. The minimum Gasteiger partial charge on any atom is -0.399 e. The van der Waals surface area contributed by atoms with Gasteiger partial charge in [0.2, 0.25) is 0 Å². The van der Waals surface area contributed by atoms with Crippen molar-refractivity contribution in [3.8, 4) is 0 Å². The number of benzene rings is 1. The van der Waals surface area contributed by atoms with Crippen LogP contribution in [-0.2, 0) is 11.4 Å².